The van der Waals surface area contributed by atoms with Gasteiger partial charge in [-0.15, -0.1) is 0 Å². The van der Waals surface area contributed by atoms with Crippen LogP contribution in [-0.4, -0.2) is 76.7 Å². The summed E-state index contributed by atoms with van der Waals surface area (Å²) in [5.41, 5.74) is -2.04. The average molecular weight is 627 g/mol. The Labute approximate surface area is 255 Å². The number of fused-ring (bicyclic) bond motifs is 1. The van der Waals surface area contributed by atoms with E-state index in [1.54, 1.807) is 4.57 Å². The number of aromatic carboxylic acids is 1. The van der Waals surface area contributed by atoms with Crippen molar-refractivity contribution in [3.8, 4) is 5.75 Å². The van der Waals surface area contributed by atoms with Gasteiger partial charge in [-0.3, -0.25) is 19.4 Å². The number of carbonyl (C=O) groups excluding carboxylic acids is 2. The molecule has 1 aliphatic carbocycles. The third-order valence-electron chi connectivity index (χ3n) is 8.56. The molecule has 6 rings (SSSR count). The normalized spacial score (nSPS) is 19.9. The minimum Gasteiger partial charge on any atom is -0.477 e. The summed E-state index contributed by atoms with van der Waals surface area (Å²) in [6.45, 7) is 2.25. The molecule has 3 aromatic rings. The number of aromatic nitrogens is 1. The molecule has 3 fully saturated rings. The van der Waals surface area contributed by atoms with Crippen LogP contribution in [0.3, 0.4) is 0 Å². The van der Waals surface area contributed by atoms with Crippen LogP contribution in [0.5, 0.6) is 5.75 Å². The van der Waals surface area contributed by atoms with E-state index in [1.165, 1.54) is 36.2 Å². The van der Waals surface area contributed by atoms with Crippen LogP contribution >= 0.6 is 0 Å². The lowest BCUT2D eigenvalue weighted by Gasteiger charge is -2.38. The van der Waals surface area contributed by atoms with Crippen LogP contribution in [-0.2, 0) is 15.1 Å². The molecule has 2 aliphatic heterocycles. The summed E-state index contributed by atoms with van der Waals surface area (Å²) < 4.78 is 42.9. The lowest BCUT2D eigenvalue weighted by Crippen LogP contribution is -2.44. The first-order valence-corrected chi connectivity index (χ1v) is 14.7. The highest BCUT2D eigenvalue weighted by atomic mass is 19.1. The van der Waals surface area contributed by atoms with Crippen molar-refractivity contribution in [2.75, 3.05) is 37.8 Å². The smallest absolute Gasteiger partial charge is 0.414 e. The Morgan fingerprint density at radius 3 is 2.49 bits per heavy atom. The summed E-state index contributed by atoms with van der Waals surface area (Å²) in [7, 11) is 0. The number of amides is 2. The van der Waals surface area contributed by atoms with E-state index >= 15 is 4.39 Å². The van der Waals surface area contributed by atoms with Gasteiger partial charge in [-0.05, 0) is 49.9 Å². The van der Waals surface area contributed by atoms with Gasteiger partial charge in [-0.2, -0.15) is 0 Å². The Morgan fingerprint density at radius 1 is 1.11 bits per heavy atom. The van der Waals surface area contributed by atoms with Crippen molar-refractivity contribution in [3.63, 3.8) is 0 Å². The number of carbonyl (C=O) groups is 3. The second kappa shape index (κ2) is 11.7. The number of piperidine rings is 1. The lowest BCUT2D eigenvalue weighted by atomic mass is 9.83. The Hall–Kier alpha value is -4.56. The van der Waals surface area contributed by atoms with E-state index < -0.39 is 46.4 Å². The zero-order valence-electron chi connectivity index (χ0n) is 24.4. The van der Waals surface area contributed by atoms with E-state index in [-0.39, 0.29) is 67.0 Å². The molecule has 2 saturated heterocycles. The minimum atomic E-state index is -1.54. The van der Waals surface area contributed by atoms with E-state index in [1.807, 2.05) is 4.90 Å². The highest BCUT2D eigenvalue weighted by Crippen LogP contribution is 2.40. The molecule has 3 heterocycles. The van der Waals surface area contributed by atoms with E-state index in [2.05, 4.69) is 5.32 Å². The molecular weight excluding hydrogens is 594 g/mol. The van der Waals surface area contributed by atoms with Gasteiger partial charge in [0.15, 0.2) is 11.6 Å². The van der Waals surface area contributed by atoms with Crippen LogP contribution in [0.15, 0.2) is 41.3 Å². The van der Waals surface area contributed by atoms with Gasteiger partial charge < -0.3 is 29.6 Å². The summed E-state index contributed by atoms with van der Waals surface area (Å²) in [6, 6.07) is 6.57. The van der Waals surface area contributed by atoms with Crippen LogP contribution < -0.4 is 20.4 Å². The first kappa shape index (κ1) is 30.5. The van der Waals surface area contributed by atoms with Gasteiger partial charge in [0.25, 0.3) is 0 Å². The third-order valence-corrected chi connectivity index (χ3v) is 8.56. The number of carboxylic acid groups (broad SMARTS) is 1. The predicted octanol–water partition coefficient (Wildman–Crippen LogP) is 3.09. The number of hydrogen-bond acceptors (Lipinski definition) is 8. The zero-order chi connectivity index (χ0) is 32.0. The minimum absolute atomic E-state index is 0.00347. The summed E-state index contributed by atoms with van der Waals surface area (Å²) >= 11 is 0. The lowest BCUT2D eigenvalue weighted by molar-refractivity contribution is -0.119. The standard InChI is InChI=1S/C31H32F2N4O8/c1-17(38)34-13-20-14-37(30(42)45-20)19-4-5-27(25(33)10-19)44-16-35-8-6-31(43,7-9-35)23-12-26-21(11-24(23)32)28(39)22(29(40)41)15-36(26)18-2-3-18/h4-5,10-12,15,18,20,43H,2-3,6-9,13-14,16H2,1H3,(H,34,38)(H,40,41)/t20-/m1/s1. The van der Waals surface area contributed by atoms with Crippen LogP contribution in [0, 0.1) is 11.6 Å². The number of anilines is 1. The maximum atomic E-state index is 15.4. The molecule has 45 heavy (non-hydrogen) atoms. The molecule has 3 N–H and O–H groups in total. The molecule has 1 aromatic heterocycles. The average Bonchev–Trinajstić information content (AvgIpc) is 3.77. The number of nitrogens with zero attached hydrogens (tertiary/aromatic N) is 3. The first-order valence-electron chi connectivity index (χ1n) is 14.7. The van der Waals surface area contributed by atoms with Gasteiger partial charge in [0.2, 0.25) is 11.3 Å². The van der Waals surface area contributed by atoms with Gasteiger partial charge in [0, 0.05) is 49.3 Å². The van der Waals surface area contributed by atoms with E-state index in [4.69, 9.17) is 9.47 Å². The van der Waals surface area contributed by atoms with Gasteiger partial charge in [-0.1, -0.05) is 0 Å². The SMILES string of the molecule is CC(=O)NC[C@@H]1CN(c2ccc(OCN3CCC(O)(c4cc5c(cc4F)c(=O)c(C(=O)O)cn5C4CC4)CC3)c(F)c2)C(=O)O1. The van der Waals surface area contributed by atoms with Gasteiger partial charge in [-0.25, -0.2) is 18.4 Å². The van der Waals surface area contributed by atoms with Crippen molar-refractivity contribution in [1.82, 2.24) is 14.8 Å². The number of benzene rings is 2. The van der Waals surface area contributed by atoms with Crippen LogP contribution in [0.25, 0.3) is 10.9 Å². The molecule has 2 amide bonds. The number of aliphatic hydroxyl groups is 1. The maximum Gasteiger partial charge on any atom is 0.414 e. The number of hydrogen-bond donors (Lipinski definition) is 3. The van der Waals surface area contributed by atoms with Crippen molar-refractivity contribution < 1.29 is 42.9 Å². The second-order valence-electron chi connectivity index (χ2n) is 11.8. The van der Waals surface area contributed by atoms with E-state index in [0.29, 0.717) is 18.6 Å². The van der Waals surface area contributed by atoms with Crippen LogP contribution in [0.4, 0.5) is 19.3 Å². The van der Waals surface area contributed by atoms with E-state index in [9.17, 15) is 33.8 Å². The quantitative estimate of drug-likeness (QED) is 0.326. The Bertz CT molecular complexity index is 1750. The molecule has 0 bridgehead atoms. The van der Waals surface area contributed by atoms with Crippen molar-refractivity contribution in [2.24, 2.45) is 0 Å². The monoisotopic (exact) mass is 626 g/mol. The van der Waals surface area contributed by atoms with Gasteiger partial charge >= 0.3 is 12.1 Å². The number of pyridine rings is 1. The number of rotatable bonds is 9. The molecule has 3 aliphatic rings. The molecule has 12 nitrogen and oxygen atoms in total. The molecule has 0 radical (unpaired) electrons. The van der Waals surface area contributed by atoms with Crippen LogP contribution in [0.1, 0.15) is 54.6 Å². The Kier molecular flexibility index (Phi) is 7.95. The molecule has 0 spiro atoms. The fraction of sp³-hybridized carbons (Fsp3) is 0.419. The Balaban J connectivity index is 1.11. The number of halogens is 2. The highest BCUT2D eigenvalue weighted by molar-refractivity contribution is 5.93. The number of carboxylic acids is 1. The number of ether oxygens (including phenoxy) is 2. The van der Waals surface area contributed by atoms with Gasteiger partial charge in [0.1, 0.15) is 24.2 Å². The fourth-order valence-corrected chi connectivity index (χ4v) is 5.89. The summed E-state index contributed by atoms with van der Waals surface area (Å²) in [6.07, 6.45) is 1.96. The molecule has 0 unspecified atom stereocenters. The fourth-order valence-electron chi connectivity index (χ4n) is 5.89. The molecule has 1 atom stereocenters. The Morgan fingerprint density at radius 2 is 1.84 bits per heavy atom. The maximum absolute atomic E-state index is 15.4. The van der Waals surface area contributed by atoms with Crippen molar-refractivity contribution in [2.45, 2.75) is 50.4 Å². The number of cyclic esters (lactones) is 1. The van der Waals surface area contributed by atoms with Crippen molar-refractivity contribution >= 4 is 34.6 Å². The number of nitrogens with one attached hydrogen (secondary N) is 1. The largest absolute Gasteiger partial charge is 0.477 e. The van der Waals surface area contributed by atoms with Gasteiger partial charge in [0.05, 0.1) is 29.9 Å². The molecule has 14 heteroatoms. The third kappa shape index (κ3) is 6.07. The molecular formula is C31H32F2N4O8. The predicted molar refractivity (Wildman–Crippen MR) is 156 cm³/mol. The second-order valence-corrected chi connectivity index (χ2v) is 11.8. The summed E-state index contributed by atoms with van der Waals surface area (Å²) in [5.74, 6) is -3.16. The molecule has 1 saturated carbocycles. The summed E-state index contributed by atoms with van der Waals surface area (Å²) in [4.78, 5) is 50.9. The van der Waals surface area contributed by atoms with Crippen molar-refractivity contribution in [1.29, 1.82) is 0 Å². The summed E-state index contributed by atoms with van der Waals surface area (Å²) in [5, 5.41) is 23.5. The highest BCUT2D eigenvalue weighted by Gasteiger charge is 2.38. The van der Waals surface area contributed by atoms with Crippen molar-refractivity contribution in [3.05, 3.63) is 69.5 Å². The van der Waals surface area contributed by atoms with E-state index in [0.717, 1.165) is 25.0 Å². The van der Waals surface area contributed by atoms with Crippen LogP contribution in [0.2, 0.25) is 0 Å². The zero-order valence-corrected chi connectivity index (χ0v) is 24.4. The number of likely N-dealkylation sites (tertiary alicyclic amines) is 1. The topological polar surface area (TPSA) is 151 Å². The molecule has 2 aromatic carbocycles. The molecule has 238 valence electrons. The first-order chi connectivity index (χ1) is 21.4.